The maximum atomic E-state index is 16.7. The smallest absolute Gasteiger partial charge is 0.319 e. The molecule has 10 heteroatoms. The number of H-pyrrole nitrogens is 1. The summed E-state index contributed by atoms with van der Waals surface area (Å²) in [7, 11) is 0. The van der Waals surface area contributed by atoms with Gasteiger partial charge >= 0.3 is 6.01 Å². The van der Waals surface area contributed by atoms with Crippen LogP contribution in [0.15, 0.2) is 30.5 Å². The number of halogens is 3. The van der Waals surface area contributed by atoms with Crippen LogP contribution in [0.5, 0.6) is 6.01 Å². The zero-order valence-electron chi connectivity index (χ0n) is 22.4. The summed E-state index contributed by atoms with van der Waals surface area (Å²) in [5, 5.41) is 8.11. The highest BCUT2D eigenvalue weighted by Crippen LogP contribution is 2.43. The maximum absolute atomic E-state index is 16.7. The van der Waals surface area contributed by atoms with E-state index in [1.165, 1.54) is 6.07 Å². The summed E-state index contributed by atoms with van der Waals surface area (Å²) in [6.07, 6.45) is 12.1. The van der Waals surface area contributed by atoms with E-state index in [2.05, 4.69) is 37.1 Å². The van der Waals surface area contributed by atoms with Gasteiger partial charge < -0.3 is 9.64 Å². The molecule has 0 radical (unpaired) electrons. The normalized spacial score (nSPS) is 19.1. The first-order valence-electron chi connectivity index (χ1n) is 14.1. The van der Waals surface area contributed by atoms with E-state index in [1.54, 1.807) is 19.2 Å². The van der Waals surface area contributed by atoms with Crippen molar-refractivity contribution in [3.05, 3.63) is 52.7 Å². The van der Waals surface area contributed by atoms with E-state index in [0.29, 0.717) is 39.8 Å². The van der Waals surface area contributed by atoms with Gasteiger partial charge in [-0.1, -0.05) is 23.8 Å². The van der Waals surface area contributed by atoms with Gasteiger partial charge in [-0.3, -0.25) is 10.00 Å². The number of rotatable bonds is 5. The van der Waals surface area contributed by atoms with Crippen molar-refractivity contribution in [1.29, 1.82) is 0 Å². The van der Waals surface area contributed by atoms with Crippen LogP contribution >= 0.6 is 11.6 Å². The Labute approximate surface area is 236 Å². The summed E-state index contributed by atoms with van der Waals surface area (Å²) in [6.45, 7) is 5.73. The highest BCUT2D eigenvalue weighted by atomic mass is 35.5. The average molecular weight is 565 g/mol. The maximum Gasteiger partial charge on any atom is 0.319 e. The van der Waals surface area contributed by atoms with E-state index in [-0.39, 0.29) is 27.7 Å². The van der Waals surface area contributed by atoms with Crippen LogP contribution in [-0.4, -0.2) is 63.4 Å². The lowest BCUT2D eigenvalue weighted by molar-refractivity contribution is 0.108. The lowest BCUT2D eigenvalue weighted by Gasteiger charge is -2.31. The molecule has 0 amide bonds. The molecule has 40 heavy (non-hydrogen) atoms. The van der Waals surface area contributed by atoms with Crippen LogP contribution in [0.25, 0.3) is 32.9 Å². The van der Waals surface area contributed by atoms with E-state index < -0.39 is 11.6 Å². The first kappa shape index (κ1) is 25.7. The van der Waals surface area contributed by atoms with Crippen LogP contribution in [0.4, 0.5) is 14.6 Å². The van der Waals surface area contributed by atoms with Crippen LogP contribution in [0, 0.1) is 18.6 Å². The second-order valence-electron chi connectivity index (χ2n) is 11.2. The van der Waals surface area contributed by atoms with E-state index in [4.69, 9.17) is 21.3 Å². The third kappa shape index (κ3) is 4.13. The first-order valence-corrected chi connectivity index (χ1v) is 14.4. The lowest BCUT2D eigenvalue weighted by atomic mass is 9.94. The van der Waals surface area contributed by atoms with Crippen molar-refractivity contribution in [2.75, 3.05) is 37.7 Å². The Morgan fingerprint density at radius 3 is 2.50 bits per heavy atom. The van der Waals surface area contributed by atoms with Crippen molar-refractivity contribution < 1.29 is 13.5 Å². The number of benzene rings is 2. The predicted molar refractivity (Wildman–Crippen MR) is 153 cm³/mol. The zero-order chi connectivity index (χ0) is 27.4. The van der Waals surface area contributed by atoms with E-state index in [1.807, 2.05) is 0 Å². The Morgan fingerprint density at radius 1 is 1.00 bits per heavy atom. The Bertz CT molecular complexity index is 1630. The monoisotopic (exact) mass is 564 g/mol. The predicted octanol–water partition coefficient (Wildman–Crippen LogP) is 6.58. The van der Waals surface area contributed by atoms with Crippen molar-refractivity contribution >= 4 is 39.2 Å². The summed E-state index contributed by atoms with van der Waals surface area (Å²) >= 11 is 6.81. The molecule has 0 atom stereocenters. The molecule has 208 valence electrons. The summed E-state index contributed by atoms with van der Waals surface area (Å²) in [6, 6.07) is 3.23. The van der Waals surface area contributed by atoms with E-state index in [0.717, 1.165) is 64.7 Å². The number of fused-ring (bicyclic) bond motifs is 3. The van der Waals surface area contributed by atoms with Gasteiger partial charge in [0.05, 0.1) is 22.3 Å². The van der Waals surface area contributed by atoms with E-state index in [9.17, 15) is 4.39 Å². The fourth-order valence-corrected chi connectivity index (χ4v) is 7.15. The fourth-order valence-electron chi connectivity index (χ4n) is 6.86. The van der Waals surface area contributed by atoms with Gasteiger partial charge in [-0.15, -0.1) is 0 Å². The molecule has 0 spiro atoms. The lowest BCUT2D eigenvalue weighted by Crippen LogP contribution is -2.43. The van der Waals surface area contributed by atoms with Crippen LogP contribution in [0.3, 0.4) is 0 Å². The Hall–Kier alpha value is -3.30. The topological polar surface area (TPSA) is 70.2 Å². The molecule has 0 saturated carbocycles. The molecule has 3 aliphatic heterocycles. The minimum absolute atomic E-state index is 0.000270. The van der Waals surface area contributed by atoms with Gasteiger partial charge in [0, 0.05) is 35.0 Å². The number of aromatic nitrogens is 4. The molecule has 7 rings (SSSR count). The molecule has 5 heterocycles. The third-order valence-corrected chi connectivity index (χ3v) is 9.21. The summed E-state index contributed by atoms with van der Waals surface area (Å²) < 4.78 is 38.0. The number of anilines is 1. The van der Waals surface area contributed by atoms with Gasteiger partial charge in [-0.25, -0.2) is 8.78 Å². The number of nitrogens with zero attached hydrogens (tertiary/aromatic N) is 5. The Balaban J connectivity index is 1.39. The van der Waals surface area contributed by atoms with Gasteiger partial charge in [-0.05, 0) is 76.2 Å². The minimum atomic E-state index is -0.623. The fraction of sp³-hybridized carbons (Fsp3) is 0.433. The summed E-state index contributed by atoms with van der Waals surface area (Å²) in [5.41, 5.74) is 1.34. The quantitative estimate of drug-likeness (QED) is 0.276. The number of aromatic amines is 1. The van der Waals surface area contributed by atoms with Crippen LogP contribution in [0.1, 0.15) is 44.1 Å². The number of hydrogen-bond acceptors (Lipinski definition) is 6. The molecule has 2 aromatic carbocycles. The molecule has 2 aromatic heterocycles. The highest BCUT2D eigenvalue weighted by Gasteiger charge is 2.45. The summed E-state index contributed by atoms with van der Waals surface area (Å²) in [5.74, 6) is -0.488. The zero-order valence-corrected chi connectivity index (χ0v) is 23.2. The molecule has 2 saturated heterocycles. The minimum Gasteiger partial charge on any atom is -0.461 e. The van der Waals surface area contributed by atoms with Crippen LogP contribution < -0.4 is 9.64 Å². The molecule has 0 aliphatic carbocycles. The van der Waals surface area contributed by atoms with Crippen molar-refractivity contribution in [2.24, 2.45) is 0 Å². The molecule has 1 N–H and O–H groups in total. The average Bonchev–Trinajstić information content (AvgIpc) is 3.60. The standard InChI is InChI=1S/C30H31ClF2N6O/c1-18-22(32)15-23-20(16-34-37-23)24(18)25-21(31)14-19-27(26(25)33)35-29(36-28(19)38-10-4-2-3-5-11-38)40-17-30-8-6-12-39(30)13-7-9-30/h2-3,14-16H,4-13,17H2,1H3,(H,34,37). The second kappa shape index (κ2) is 9.96. The summed E-state index contributed by atoms with van der Waals surface area (Å²) in [4.78, 5) is 14.1. The van der Waals surface area contributed by atoms with Gasteiger partial charge in [0.15, 0.2) is 5.82 Å². The van der Waals surface area contributed by atoms with Crippen molar-refractivity contribution in [3.63, 3.8) is 0 Å². The van der Waals surface area contributed by atoms with Gasteiger partial charge in [0.2, 0.25) is 0 Å². The molecule has 0 unspecified atom stereocenters. The molecule has 0 bridgehead atoms. The largest absolute Gasteiger partial charge is 0.461 e. The van der Waals surface area contributed by atoms with Crippen molar-refractivity contribution in [3.8, 4) is 17.1 Å². The van der Waals surface area contributed by atoms with Crippen molar-refractivity contribution in [1.82, 2.24) is 25.1 Å². The molecule has 3 aliphatic rings. The van der Waals surface area contributed by atoms with E-state index >= 15 is 4.39 Å². The number of hydrogen-bond donors (Lipinski definition) is 1. The molecule has 4 aromatic rings. The molecule has 2 fully saturated rings. The third-order valence-electron chi connectivity index (χ3n) is 8.91. The molecular weight excluding hydrogens is 534 g/mol. The number of nitrogens with one attached hydrogen (secondary N) is 1. The molecule has 7 nitrogen and oxygen atoms in total. The number of ether oxygens (including phenoxy) is 1. The SMILES string of the molecule is Cc1c(F)cc2[nH]ncc2c1-c1c(Cl)cc2c(N3CCC=CCC3)nc(OCC34CCCN3CCC4)nc2c1F. The van der Waals surface area contributed by atoms with Gasteiger partial charge in [0.25, 0.3) is 0 Å². The Morgan fingerprint density at radius 2 is 1.75 bits per heavy atom. The van der Waals surface area contributed by atoms with Gasteiger partial charge in [-0.2, -0.15) is 15.1 Å². The Kier molecular flexibility index (Phi) is 6.39. The van der Waals surface area contributed by atoms with Gasteiger partial charge in [0.1, 0.15) is 23.8 Å². The first-order chi connectivity index (χ1) is 19.4. The van der Waals surface area contributed by atoms with Crippen LogP contribution in [0.2, 0.25) is 5.02 Å². The van der Waals surface area contributed by atoms with Crippen LogP contribution in [-0.2, 0) is 0 Å². The second-order valence-corrected chi connectivity index (χ2v) is 11.6. The molecular formula is C30H31ClF2N6O. The highest BCUT2D eigenvalue weighted by molar-refractivity contribution is 6.35. The van der Waals surface area contributed by atoms with Crippen molar-refractivity contribution in [2.45, 2.75) is 51.0 Å².